The molecule has 118 valence electrons. The van der Waals surface area contributed by atoms with Gasteiger partial charge >= 0.3 is 11.9 Å². The molecule has 0 bridgehead atoms. The number of nitriles is 1. The standard InChI is InChI=1S/C14H12F3NO4/c1-14(2,13(21)22)11(7(5-18)12(19)20)6-3-9(16)10(17)4-8(6)15/h3-4,7,11H,1-2H3,(H,19,20)(H,21,22). The highest BCUT2D eigenvalue weighted by atomic mass is 19.2. The fourth-order valence-electron chi connectivity index (χ4n) is 2.17. The summed E-state index contributed by atoms with van der Waals surface area (Å²) < 4.78 is 40.3. The SMILES string of the molecule is CC(C)(C(=O)O)C(c1cc(F)c(F)cc1F)C(C#N)C(=O)O. The van der Waals surface area contributed by atoms with E-state index in [-0.39, 0.29) is 6.07 Å². The van der Waals surface area contributed by atoms with Gasteiger partial charge in [0.1, 0.15) is 5.82 Å². The van der Waals surface area contributed by atoms with Crippen molar-refractivity contribution in [1.82, 2.24) is 0 Å². The van der Waals surface area contributed by atoms with Crippen molar-refractivity contribution < 1.29 is 33.0 Å². The van der Waals surface area contributed by atoms with Gasteiger partial charge in [0, 0.05) is 12.0 Å². The molecule has 0 aliphatic carbocycles. The van der Waals surface area contributed by atoms with E-state index in [0.29, 0.717) is 6.07 Å². The number of carboxylic acid groups (broad SMARTS) is 2. The Labute approximate surface area is 123 Å². The van der Waals surface area contributed by atoms with Crippen LogP contribution in [0.5, 0.6) is 0 Å². The summed E-state index contributed by atoms with van der Waals surface area (Å²) in [6.07, 6.45) is 0. The van der Waals surface area contributed by atoms with E-state index in [1.807, 2.05) is 0 Å². The third-order valence-corrected chi connectivity index (χ3v) is 3.44. The van der Waals surface area contributed by atoms with Gasteiger partial charge in [-0.2, -0.15) is 5.26 Å². The number of hydrogen-bond acceptors (Lipinski definition) is 3. The first-order valence-electron chi connectivity index (χ1n) is 6.04. The van der Waals surface area contributed by atoms with E-state index in [1.165, 1.54) is 6.07 Å². The number of halogens is 3. The summed E-state index contributed by atoms with van der Waals surface area (Å²) in [6.45, 7) is 2.15. The molecule has 0 amide bonds. The molecular formula is C14H12F3NO4. The van der Waals surface area contributed by atoms with Gasteiger partial charge in [-0.25, -0.2) is 13.2 Å². The first-order valence-corrected chi connectivity index (χ1v) is 6.04. The summed E-state index contributed by atoms with van der Waals surface area (Å²) in [5, 5.41) is 27.3. The topological polar surface area (TPSA) is 98.4 Å². The number of benzene rings is 1. The lowest BCUT2D eigenvalue weighted by Crippen LogP contribution is -2.38. The maximum atomic E-state index is 13.9. The van der Waals surface area contributed by atoms with E-state index in [0.717, 1.165) is 13.8 Å². The van der Waals surface area contributed by atoms with Crippen molar-refractivity contribution in [3.8, 4) is 6.07 Å². The number of nitrogens with zero attached hydrogens (tertiary/aromatic N) is 1. The Morgan fingerprint density at radius 3 is 2.05 bits per heavy atom. The summed E-state index contributed by atoms with van der Waals surface area (Å²) >= 11 is 0. The Kier molecular flexibility index (Phi) is 4.81. The van der Waals surface area contributed by atoms with E-state index >= 15 is 0 Å². The average Bonchev–Trinajstić information content (AvgIpc) is 2.39. The van der Waals surface area contributed by atoms with Gasteiger partial charge in [-0.1, -0.05) is 0 Å². The summed E-state index contributed by atoms with van der Waals surface area (Å²) in [5.74, 6) is -11.2. The zero-order chi connectivity index (χ0) is 17.2. The predicted molar refractivity (Wildman–Crippen MR) is 67.2 cm³/mol. The van der Waals surface area contributed by atoms with Crippen LogP contribution in [0.2, 0.25) is 0 Å². The van der Waals surface area contributed by atoms with Crippen molar-refractivity contribution in [2.24, 2.45) is 11.3 Å². The van der Waals surface area contributed by atoms with Crippen molar-refractivity contribution in [2.75, 3.05) is 0 Å². The molecule has 2 N–H and O–H groups in total. The maximum Gasteiger partial charge on any atom is 0.321 e. The lowest BCUT2D eigenvalue weighted by atomic mass is 9.68. The molecule has 0 aliphatic heterocycles. The average molecular weight is 315 g/mol. The number of hydrogen-bond donors (Lipinski definition) is 2. The molecule has 0 heterocycles. The fraction of sp³-hybridized carbons (Fsp3) is 0.357. The summed E-state index contributed by atoms with van der Waals surface area (Å²) in [6, 6.07) is 1.95. The van der Waals surface area contributed by atoms with Crippen LogP contribution in [-0.2, 0) is 9.59 Å². The Balaban J connectivity index is 3.66. The number of carbonyl (C=O) groups is 2. The second-order valence-electron chi connectivity index (χ2n) is 5.24. The molecule has 0 fully saturated rings. The summed E-state index contributed by atoms with van der Waals surface area (Å²) in [4.78, 5) is 22.5. The van der Waals surface area contributed by atoms with Crippen LogP contribution in [0.4, 0.5) is 13.2 Å². The molecule has 1 aromatic rings. The molecular weight excluding hydrogens is 303 g/mol. The largest absolute Gasteiger partial charge is 0.481 e. The minimum absolute atomic E-state index is 0.186. The number of carboxylic acids is 2. The molecule has 8 heteroatoms. The van der Waals surface area contributed by atoms with E-state index in [2.05, 4.69) is 0 Å². The van der Waals surface area contributed by atoms with Gasteiger partial charge in [0.2, 0.25) is 0 Å². The first kappa shape index (κ1) is 17.5. The van der Waals surface area contributed by atoms with Crippen LogP contribution in [0.1, 0.15) is 25.3 Å². The van der Waals surface area contributed by atoms with Gasteiger partial charge in [0.25, 0.3) is 0 Å². The van der Waals surface area contributed by atoms with Gasteiger partial charge in [0.05, 0.1) is 11.5 Å². The molecule has 0 aromatic heterocycles. The Morgan fingerprint density at radius 2 is 1.64 bits per heavy atom. The van der Waals surface area contributed by atoms with Crippen molar-refractivity contribution in [2.45, 2.75) is 19.8 Å². The van der Waals surface area contributed by atoms with Crippen LogP contribution in [0, 0.1) is 40.1 Å². The Hall–Kier alpha value is -2.56. The highest BCUT2D eigenvalue weighted by Gasteiger charge is 2.47. The zero-order valence-corrected chi connectivity index (χ0v) is 11.6. The van der Waals surface area contributed by atoms with Gasteiger partial charge in [-0.3, -0.25) is 9.59 Å². The molecule has 1 rings (SSSR count). The normalized spacial score (nSPS) is 14.0. The molecule has 2 unspecified atom stereocenters. The van der Waals surface area contributed by atoms with Crippen molar-refractivity contribution >= 4 is 11.9 Å². The lowest BCUT2D eigenvalue weighted by Gasteiger charge is -2.32. The van der Waals surface area contributed by atoms with Gasteiger partial charge in [-0.05, 0) is 25.5 Å². The van der Waals surface area contributed by atoms with Crippen molar-refractivity contribution in [3.05, 3.63) is 35.1 Å². The Bertz CT molecular complexity index is 667. The van der Waals surface area contributed by atoms with Gasteiger partial charge in [-0.15, -0.1) is 0 Å². The molecule has 22 heavy (non-hydrogen) atoms. The van der Waals surface area contributed by atoms with Crippen molar-refractivity contribution in [1.29, 1.82) is 5.26 Å². The van der Waals surface area contributed by atoms with E-state index in [4.69, 9.17) is 10.4 Å². The minimum atomic E-state index is -1.95. The minimum Gasteiger partial charge on any atom is -0.481 e. The van der Waals surface area contributed by atoms with E-state index in [1.54, 1.807) is 0 Å². The first-order chi connectivity index (χ1) is 10.0. The van der Waals surface area contributed by atoms with E-state index in [9.17, 15) is 27.9 Å². The van der Waals surface area contributed by atoms with Gasteiger partial charge in [0.15, 0.2) is 17.6 Å². The number of aliphatic carboxylic acids is 2. The monoisotopic (exact) mass is 315 g/mol. The molecule has 0 aliphatic rings. The number of rotatable bonds is 5. The van der Waals surface area contributed by atoms with E-state index < -0.39 is 52.2 Å². The molecule has 0 radical (unpaired) electrons. The highest BCUT2D eigenvalue weighted by molar-refractivity contribution is 5.80. The predicted octanol–water partition coefficient (Wildman–Crippen LogP) is 2.52. The smallest absolute Gasteiger partial charge is 0.321 e. The third-order valence-electron chi connectivity index (χ3n) is 3.44. The molecule has 0 saturated carbocycles. The fourth-order valence-corrected chi connectivity index (χ4v) is 2.17. The van der Waals surface area contributed by atoms with Crippen LogP contribution < -0.4 is 0 Å². The van der Waals surface area contributed by atoms with Crippen LogP contribution in [-0.4, -0.2) is 22.2 Å². The summed E-state index contributed by atoms with van der Waals surface area (Å²) in [5.41, 5.74) is -2.59. The van der Waals surface area contributed by atoms with Crippen molar-refractivity contribution in [3.63, 3.8) is 0 Å². The third kappa shape index (κ3) is 3.03. The quantitative estimate of drug-likeness (QED) is 0.814. The molecule has 5 nitrogen and oxygen atoms in total. The lowest BCUT2D eigenvalue weighted by molar-refractivity contribution is -0.151. The van der Waals surface area contributed by atoms with Crippen LogP contribution >= 0.6 is 0 Å². The molecule has 0 spiro atoms. The molecule has 0 saturated heterocycles. The van der Waals surface area contributed by atoms with Crippen LogP contribution in [0.15, 0.2) is 12.1 Å². The van der Waals surface area contributed by atoms with Crippen LogP contribution in [0.3, 0.4) is 0 Å². The van der Waals surface area contributed by atoms with Crippen LogP contribution in [0.25, 0.3) is 0 Å². The zero-order valence-electron chi connectivity index (χ0n) is 11.6. The molecule has 1 aromatic carbocycles. The summed E-state index contributed by atoms with van der Waals surface area (Å²) in [7, 11) is 0. The maximum absolute atomic E-state index is 13.9. The second kappa shape index (κ2) is 6.05. The van der Waals surface area contributed by atoms with Gasteiger partial charge < -0.3 is 10.2 Å². The second-order valence-corrected chi connectivity index (χ2v) is 5.24. The Morgan fingerprint density at radius 1 is 1.14 bits per heavy atom. The molecule has 2 atom stereocenters. The highest BCUT2D eigenvalue weighted by Crippen LogP contribution is 2.43.